The van der Waals surface area contributed by atoms with Crippen molar-refractivity contribution in [1.29, 1.82) is 0 Å². The molecule has 204 valence electrons. The van der Waals surface area contributed by atoms with Crippen molar-refractivity contribution in [2.45, 2.75) is 82.5 Å². The Morgan fingerprint density at radius 1 is 1.08 bits per heavy atom. The van der Waals surface area contributed by atoms with E-state index in [0.717, 1.165) is 49.5 Å². The maximum absolute atomic E-state index is 12.4. The van der Waals surface area contributed by atoms with Gasteiger partial charge in [0.25, 0.3) is 0 Å². The van der Waals surface area contributed by atoms with Gasteiger partial charge in [0.15, 0.2) is 11.5 Å². The molecule has 0 bridgehead atoms. The Morgan fingerprint density at radius 3 is 2.65 bits per heavy atom. The molecule has 5 heterocycles. The van der Waals surface area contributed by atoms with Crippen molar-refractivity contribution in [2.75, 3.05) is 25.2 Å². The van der Waals surface area contributed by atoms with Crippen LogP contribution in [-0.4, -0.2) is 70.5 Å². The molecule has 1 saturated carbocycles. The number of methoxy groups -OCH3 is 1. The van der Waals surface area contributed by atoms with Gasteiger partial charge >= 0.3 is 5.97 Å². The number of esters is 1. The summed E-state index contributed by atoms with van der Waals surface area (Å²) in [4.78, 5) is 15.1. The smallest absolute Gasteiger partial charge is 0.345 e. The van der Waals surface area contributed by atoms with Crippen LogP contribution in [0.3, 0.4) is 0 Å². The number of ether oxygens (including phenoxy) is 3. The molecule has 0 aromatic carbocycles. The molecular formula is C28H39NO6S2. The van der Waals surface area contributed by atoms with Gasteiger partial charge < -0.3 is 24.4 Å². The quantitative estimate of drug-likeness (QED) is 0.385. The van der Waals surface area contributed by atoms with Crippen molar-refractivity contribution in [3.63, 3.8) is 0 Å². The molecule has 3 saturated heterocycles. The average Bonchev–Trinajstić information content (AvgIpc) is 3.53. The van der Waals surface area contributed by atoms with Crippen LogP contribution in [0.1, 0.15) is 58.3 Å². The molecule has 8 atom stereocenters. The van der Waals surface area contributed by atoms with Gasteiger partial charge in [-0.1, -0.05) is 47.8 Å². The van der Waals surface area contributed by atoms with Crippen molar-refractivity contribution < 1.29 is 29.2 Å². The Labute approximate surface area is 227 Å². The fraction of sp³-hybridized carbons (Fsp3) is 0.750. The molecule has 1 aliphatic carbocycles. The minimum absolute atomic E-state index is 0.0173. The molecule has 5 aliphatic heterocycles. The van der Waals surface area contributed by atoms with Crippen LogP contribution in [0.25, 0.3) is 0 Å². The van der Waals surface area contributed by atoms with E-state index in [1.165, 1.54) is 32.1 Å². The monoisotopic (exact) mass is 549 g/mol. The zero-order chi connectivity index (χ0) is 25.7. The summed E-state index contributed by atoms with van der Waals surface area (Å²) < 4.78 is 17.6. The van der Waals surface area contributed by atoms with Crippen LogP contribution in [0.15, 0.2) is 34.7 Å². The predicted octanol–water partition coefficient (Wildman–Crippen LogP) is 4.37. The molecule has 7 nitrogen and oxygen atoms in total. The number of nitrogens with zero attached hydrogens (tertiary/aromatic N) is 1. The van der Waals surface area contributed by atoms with Gasteiger partial charge in [0.2, 0.25) is 5.76 Å². The topological polar surface area (TPSA) is 88.5 Å². The molecule has 0 aromatic heterocycles. The third-order valence-electron chi connectivity index (χ3n) is 9.64. The molecular weight excluding hydrogens is 510 g/mol. The van der Waals surface area contributed by atoms with E-state index in [4.69, 9.17) is 14.2 Å². The van der Waals surface area contributed by atoms with Crippen molar-refractivity contribution in [3.05, 3.63) is 34.7 Å². The average molecular weight is 550 g/mol. The van der Waals surface area contributed by atoms with Gasteiger partial charge in [-0.25, -0.2) is 4.79 Å². The number of hydrogen-bond acceptors (Lipinski definition) is 9. The number of aliphatic hydroxyl groups is 2. The largest absolute Gasteiger partial charge is 0.492 e. The lowest BCUT2D eigenvalue weighted by atomic mass is 9.78. The van der Waals surface area contributed by atoms with Crippen LogP contribution in [0.5, 0.6) is 0 Å². The molecule has 0 unspecified atom stereocenters. The minimum atomic E-state index is -0.577. The molecule has 0 amide bonds. The van der Waals surface area contributed by atoms with Crippen LogP contribution in [0.2, 0.25) is 0 Å². The number of allylic oxidation sites excluding steroid dienone is 1. The van der Waals surface area contributed by atoms with Gasteiger partial charge in [-0.15, -0.1) is 0 Å². The number of cyclic esters (lactones) is 1. The van der Waals surface area contributed by atoms with Crippen molar-refractivity contribution in [1.82, 2.24) is 4.90 Å². The van der Waals surface area contributed by atoms with Crippen molar-refractivity contribution in [3.8, 4) is 0 Å². The summed E-state index contributed by atoms with van der Waals surface area (Å²) in [7, 11) is 5.53. The van der Waals surface area contributed by atoms with E-state index in [-0.39, 0.29) is 41.4 Å². The Bertz CT molecular complexity index is 1010. The first-order chi connectivity index (χ1) is 18.0. The fourth-order valence-electron chi connectivity index (χ4n) is 7.87. The second kappa shape index (κ2) is 10.8. The van der Waals surface area contributed by atoms with Gasteiger partial charge in [0.05, 0.1) is 19.8 Å². The Balaban J connectivity index is 1.34. The zero-order valence-corrected chi connectivity index (χ0v) is 23.4. The SMILES string of the molecule is COC1=C(CO)C(=O)OC1=C1OC2=CC[C@H]3CSSC[C@H]4CCC[C@@H]4C[C@H](O)[C@@H]4CCC[C@@H]([C@H]2[C@@H]1C)N34. The number of carbonyl (C=O) groups is 1. The molecule has 0 radical (unpaired) electrons. The zero-order valence-electron chi connectivity index (χ0n) is 21.8. The summed E-state index contributed by atoms with van der Waals surface area (Å²) in [6, 6.07) is 0.797. The first kappa shape index (κ1) is 26.1. The maximum atomic E-state index is 12.4. The second-order valence-corrected chi connectivity index (χ2v) is 14.1. The highest BCUT2D eigenvalue weighted by molar-refractivity contribution is 8.76. The summed E-state index contributed by atoms with van der Waals surface area (Å²) in [6.07, 6.45) is 10.8. The van der Waals surface area contributed by atoms with E-state index < -0.39 is 12.6 Å². The van der Waals surface area contributed by atoms with E-state index >= 15 is 0 Å². The van der Waals surface area contributed by atoms with Crippen molar-refractivity contribution in [2.24, 2.45) is 23.7 Å². The van der Waals surface area contributed by atoms with Crippen LogP contribution in [0, 0.1) is 23.7 Å². The van der Waals surface area contributed by atoms with Gasteiger partial charge in [0, 0.05) is 41.5 Å². The predicted molar refractivity (Wildman–Crippen MR) is 144 cm³/mol. The minimum Gasteiger partial charge on any atom is -0.492 e. The van der Waals surface area contributed by atoms with Gasteiger partial charge in [-0.2, -0.15) is 0 Å². The summed E-state index contributed by atoms with van der Waals surface area (Å²) >= 11 is 0. The van der Waals surface area contributed by atoms with Crippen LogP contribution in [0.4, 0.5) is 0 Å². The highest BCUT2D eigenvalue weighted by Crippen LogP contribution is 2.51. The highest BCUT2D eigenvalue weighted by Gasteiger charge is 2.52. The molecule has 9 heteroatoms. The molecule has 6 rings (SSSR count). The fourth-order valence-corrected chi connectivity index (χ4v) is 10.7. The van der Waals surface area contributed by atoms with Crippen molar-refractivity contribution >= 4 is 27.6 Å². The first-order valence-electron chi connectivity index (χ1n) is 13.9. The number of piperidine rings is 1. The van der Waals surface area contributed by atoms with Crippen LogP contribution in [-0.2, 0) is 19.0 Å². The first-order valence-corrected chi connectivity index (χ1v) is 16.4. The third kappa shape index (κ3) is 4.56. The Kier molecular flexibility index (Phi) is 7.62. The number of fused-ring (bicyclic) bond motifs is 3. The lowest BCUT2D eigenvalue weighted by Gasteiger charge is -2.49. The standard InChI is InChI=1S/C28H39NO6S2/c1-15-24-21-8-4-7-20-22(31)11-16-5-3-6-17(16)13-36-37-14-18(29(20)21)9-10-23(24)34-25(15)27-26(33-2)19(12-30)28(32)35-27/h10,15-18,20-22,24,30-31H,3-9,11-14H2,1-2H3/t15-,16+,17+,18-,20-,21-,22-,24+/m0/s1. The van der Waals surface area contributed by atoms with Gasteiger partial charge in [0.1, 0.15) is 11.3 Å². The van der Waals surface area contributed by atoms with Crippen LogP contribution >= 0.6 is 21.6 Å². The number of carbonyl (C=O) groups excluding carboxylic acids is 1. The number of rotatable bonds is 2. The summed E-state index contributed by atoms with van der Waals surface area (Å²) in [5, 5.41) is 21.4. The molecule has 37 heavy (non-hydrogen) atoms. The highest BCUT2D eigenvalue weighted by atomic mass is 33.1. The van der Waals surface area contributed by atoms with Crippen LogP contribution < -0.4 is 0 Å². The lowest BCUT2D eigenvalue weighted by Crippen LogP contribution is -2.59. The lowest BCUT2D eigenvalue weighted by molar-refractivity contribution is -0.133. The molecule has 6 aliphatic rings. The maximum Gasteiger partial charge on any atom is 0.345 e. The van der Waals surface area contributed by atoms with E-state index in [1.807, 2.05) is 21.6 Å². The number of hydrogen-bond donors (Lipinski definition) is 2. The summed E-state index contributed by atoms with van der Waals surface area (Å²) in [5.41, 5.74) is 0.134. The summed E-state index contributed by atoms with van der Waals surface area (Å²) in [5.74, 6) is 5.31. The number of aliphatic hydroxyl groups excluding tert-OH is 2. The van der Waals surface area contributed by atoms with Gasteiger partial charge in [-0.3, -0.25) is 4.90 Å². The molecule has 0 spiro atoms. The van der Waals surface area contributed by atoms with E-state index in [1.54, 1.807) is 0 Å². The van der Waals surface area contributed by atoms with Gasteiger partial charge in [-0.05, 0) is 50.0 Å². The molecule has 0 aromatic rings. The molecule has 2 N–H and O–H groups in total. The summed E-state index contributed by atoms with van der Waals surface area (Å²) in [6.45, 7) is 1.71. The van der Waals surface area contributed by atoms with E-state index in [2.05, 4.69) is 17.9 Å². The molecule has 4 fully saturated rings. The third-order valence-corrected chi connectivity index (χ3v) is 12.2. The second-order valence-electron chi connectivity index (χ2n) is 11.5. The van der Waals surface area contributed by atoms with E-state index in [0.29, 0.717) is 23.5 Å². The van der Waals surface area contributed by atoms with E-state index in [9.17, 15) is 15.0 Å². The normalized spacial score (nSPS) is 42.6. The Hall–Kier alpha value is -1.13. The Morgan fingerprint density at radius 2 is 1.84 bits per heavy atom.